The molecule has 0 aliphatic heterocycles. The highest BCUT2D eigenvalue weighted by Gasteiger charge is 2.16. The van der Waals surface area contributed by atoms with Crippen molar-refractivity contribution >= 4 is 5.78 Å². The van der Waals surface area contributed by atoms with E-state index in [2.05, 4.69) is 0 Å². The molecule has 1 aliphatic carbocycles. The maximum Gasteiger partial charge on any atom is 0.133 e. The van der Waals surface area contributed by atoms with Crippen LogP contribution in [0.3, 0.4) is 0 Å². The van der Waals surface area contributed by atoms with Crippen molar-refractivity contribution in [3.8, 4) is 0 Å². The number of ketones is 1. The summed E-state index contributed by atoms with van der Waals surface area (Å²) in [4.78, 5) is 10.7. The highest BCUT2D eigenvalue weighted by molar-refractivity contribution is 5.80. The molecule has 0 aromatic carbocycles. The predicted molar refractivity (Wildman–Crippen MR) is 28.0 cm³/mol. The van der Waals surface area contributed by atoms with Gasteiger partial charge in [-0.25, -0.2) is 0 Å². The third kappa shape index (κ3) is 1.02. The van der Waals surface area contributed by atoms with E-state index < -0.39 is 12.3 Å². The molecule has 1 saturated carbocycles. The van der Waals surface area contributed by atoms with Crippen LogP contribution >= 0.6 is 0 Å². The zero-order chi connectivity index (χ0) is 7.99. The summed E-state index contributed by atoms with van der Waals surface area (Å²) in [6.45, 7) is 1.47. The lowest BCUT2D eigenvalue weighted by molar-refractivity contribution is -0.117. The molecule has 1 nitrogen and oxygen atoms in total. The summed E-state index contributed by atoms with van der Waals surface area (Å²) in [5.41, 5.74) is 0. The first-order valence-electron chi connectivity index (χ1n) is 3.87. The van der Waals surface area contributed by atoms with Gasteiger partial charge in [-0.2, -0.15) is 0 Å². The summed E-state index contributed by atoms with van der Waals surface area (Å²) in [5.74, 6) is -1.34. The molecule has 0 bridgehead atoms. The lowest BCUT2D eigenvalue weighted by Crippen LogP contribution is -1.86. The molecule has 0 heterocycles. The van der Waals surface area contributed by atoms with Crippen molar-refractivity contribution in [2.75, 3.05) is 0 Å². The summed E-state index contributed by atoms with van der Waals surface area (Å²) in [6, 6.07) is 0. The zero-order valence-electron chi connectivity index (χ0n) is 7.32. The number of Topliss-reactive ketones (excluding diaryl/α,β-unsaturated/α-hetero) is 1. The van der Waals surface area contributed by atoms with Gasteiger partial charge in [0.15, 0.2) is 0 Å². The smallest absolute Gasteiger partial charge is 0.133 e. The lowest BCUT2D eigenvalue weighted by atomic mass is 10.1. The first-order valence-corrected chi connectivity index (χ1v) is 2.37. The number of carbonyl (C=O) groups is 1. The summed E-state index contributed by atoms with van der Waals surface area (Å²) in [6.07, 6.45) is -1.66. The minimum absolute atomic E-state index is 0.0556. The molecule has 0 aromatic rings. The topological polar surface area (TPSA) is 17.1 Å². The van der Waals surface area contributed by atoms with Crippen molar-refractivity contribution < 1.29 is 8.91 Å². The first-order chi connectivity index (χ1) is 4.35. The average molecular weight is 101 g/mol. The second kappa shape index (κ2) is 1.65. The van der Waals surface area contributed by atoms with Gasteiger partial charge in [-0.1, -0.05) is 6.92 Å². The third-order valence-electron chi connectivity index (χ3n) is 1.05. The van der Waals surface area contributed by atoms with E-state index in [0.717, 1.165) is 0 Å². The van der Waals surface area contributed by atoms with E-state index in [4.69, 9.17) is 4.11 Å². The number of rotatable bonds is 0. The molecule has 7 heavy (non-hydrogen) atoms. The lowest BCUT2D eigenvalue weighted by Gasteiger charge is -1.90. The van der Waals surface area contributed by atoms with E-state index in [1.165, 1.54) is 6.92 Å². The van der Waals surface area contributed by atoms with Crippen LogP contribution in [0.25, 0.3) is 0 Å². The number of carbonyl (C=O) groups excluding carboxylic acids is 1. The quantitative estimate of drug-likeness (QED) is 0.450. The molecule has 0 spiro atoms. The van der Waals surface area contributed by atoms with Gasteiger partial charge < -0.3 is 0 Å². The van der Waals surface area contributed by atoms with Gasteiger partial charge >= 0.3 is 0 Å². The van der Waals surface area contributed by atoms with Crippen LogP contribution in [0.2, 0.25) is 0 Å². The van der Waals surface area contributed by atoms with Crippen LogP contribution in [0.5, 0.6) is 0 Å². The Hall–Kier alpha value is -0.330. The van der Waals surface area contributed by atoms with Crippen LogP contribution in [-0.4, -0.2) is 5.78 Å². The van der Waals surface area contributed by atoms with Crippen molar-refractivity contribution in [3.05, 3.63) is 0 Å². The molecule has 1 rings (SSSR count). The fourth-order valence-corrected chi connectivity index (χ4v) is 0.670. The van der Waals surface area contributed by atoms with E-state index in [0.29, 0.717) is 0 Å². The van der Waals surface area contributed by atoms with Gasteiger partial charge in [-0.05, 0) is 12.3 Å². The van der Waals surface area contributed by atoms with Crippen LogP contribution in [0.4, 0.5) is 0 Å². The molecule has 0 amide bonds. The summed E-state index contributed by atoms with van der Waals surface area (Å²) >= 11 is 0. The molecule has 1 heteroatoms. The summed E-state index contributed by atoms with van der Waals surface area (Å²) < 4.78 is 22.0. The van der Waals surface area contributed by atoms with E-state index in [-0.39, 0.29) is 18.6 Å². The normalized spacial score (nSPS) is 55.6. The van der Waals surface area contributed by atoms with Crippen LogP contribution in [0.15, 0.2) is 0 Å². The van der Waals surface area contributed by atoms with Crippen LogP contribution in [0, 0.1) is 5.89 Å². The Labute approximate surface area is 47.9 Å². The van der Waals surface area contributed by atoms with Crippen molar-refractivity contribution in [1.82, 2.24) is 0 Å². The summed E-state index contributed by atoms with van der Waals surface area (Å²) in [5, 5.41) is 0. The molecule has 0 saturated heterocycles. The van der Waals surface area contributed by atoms with Crippen molar-refractivity contribution in [1.29, 1.82) is 0 Å². The van der Waals surface area contributed by atoms with Gasteiger partial charge in [0.1, 0.15) is 5.78 Å². The van der Waals surface area contributed by atoms with Crippen molar-refractivity contribution in [2.24, 2.45) is 5.89 Å². The maximum atomic E-state index is 10.7. The Morgan fingerprint density at radius 1 is 2.14 bits per heavy atom. The fraction of sp³-hybridized carbons (Fsp3) is 0.833. The Morgan fingerprint density at radius 3 is 3.00 bits per heavy atom. The van der Waals surface area contributed by atoms with E-state index in [9.17, 15) is 4.79 Å². The van der Waals surface area contributed by atoms with E-state index in [1.807, 2.05) is 0 Å². The van der Waals surface area contributed by atoms with Gasteiger partial charge in [-0.15, -0.1) is 0 Å². The Bertz CT molecular complexity index is 156. The second-order valence-corrected chi connectivity index (χ2v) is 1.85. The number of hydrogen-bond donors (Lipinski definition) is 0. The fourth-order valence-electron chi connectivity index (χ4n) is 0.670. The second-order valence-electron chi connectivity index (χ2n) is 1.85. The third-order valence-corrected chi connectivity index (χ3v) is 1.05. The van der Waals surface area contributed by atoms with Gasteiger partial charge in [-0.3, -0.25) is 4.79 Å². The van der Waals surface area contributed by atoms with Gasteiger partial charge in [0.05, 0.1) is 0 Å². The predicted octanol–water partition coefficient (Wildman–Crippen LogP) is 1.38. The molecule has 0 N–H and O–H groups in total. The van der Waals surface area contributed by atoms with Crippen LogP contribution in [0.1, 0.15) is 30.3 Å². The van der Waals surface area contributed by atoms with Crippen LogP contribution < -0.4 is 0 Å². The number of hydrogen-bond acceptors (Lipinski definition) is 1. The first kappa shape index (κ1) is 2.29. The summed E-state index contributed by atoms with van der Waals surface area (Å²) in [7, 11) is 0. The van der Waals surface area contributed by atoms with Crippen molar-refractivity contribution in [3.63, 3.8) is 0 Å². The monoisotopic (exact) mass is 101 g/mol. The highest BCUT2D eigenvalue weighted by Crippen LogP contribution is 2.19. The molecule has 1 fully saturated rings. The van der Waals surface area contributed by atoms with Gasteiger partial charge in [0.2, 0.25) is 0 Å². The molecule has 0 aromatic heterocycles. The van der Waals surface area contributed by atoms with Gasteiger partial charge in [0.25, 0.3) is 0 Å². The molecule has 1 atom stereocenters. The molecular formula is C6H10O. The van der Waals surface area contributed by atoms with E-state index in [1.54, 1.807) is 0 Å². The molecular weight excluding hydrogens is 88.1 g/mol. The highest BCUT2D eigenvalue weighted by atomic mass is 16.1. The molecule has 1 unspecified atom stereocenters. The Kier molecular flexibility index (Phi) is 0.539. The molecule has 0 radical (unpaired) electrons. The SMILES string of the molecule is [2H]C1([2H])CC(=O)CC1([2H])C. The standard InChI is InChI=1S/C6H10O/c1-5-2-3-6(7)4-5/h5H,2-4H2,1H3/i2D2,5D. The average Bonchev–Trinajstić information content (AvgIpc) is 1.73. The zero-order valence-corrected chi connectivity index (χ0v) is 4.32. The van der Waals surface area contributed by atoms with Crippen LogP contribution in [-0.2, 0) is 4.79 Å². The Morgan fingerprint density at radius 2 is 2.86 bits per heavy atom. The van der Waals surface area contributed by atoms with Crippen molar-refractivity contribution in [2.45, 2.75) is 26.1 Å². The molecule has 40 valence electrons. The van der Waals surface area contributed by atoms with Gasteiger partial charge in [0, 0.05) is 17.0 Å². The largest absolute Gasteiger partial charge is 0.300 e. The minimum atomic E-state index is -1.62. The molecule has 1 aliphatic rings. The Balaban J connectivity index is 2.88. The maximum absolute atomic E-state index is 10.7. The minimum Gasteiger partial charge on any atom is -0.300 e. The van der Waals surface area contributed by atoms with E-state index >= 15 is 0 Å².